The summed E-state index contributed by atoms with van der Waals surface area (Å²) in [6.07, 6.45) is 1.16. The standard InChI is InChI=1S/C16H16F2N6O3S/c17-14(18)13-10-19-16(23-15(13)24-8-1-6-20-24)22-11-2-4-12(5-3-11)28(26,27)21-7-9-25/h1-6,8,10,14,21,25H,7,9H2,(H,19,22,23). The summed E-state index contributed by atoms with van der Waals surface area (Å²) in [5.41, 5.74) is 0.0861. The minimum Gasteiger partial charge on any atom is -0.395 e. The number of rotatable bonds is 8. The Labute approximate surface area is 159 Å². The minimum absolute atomic E-state index is 0.0118. The van der Waals surface area contributed by atoms with E-state index in [9.17, 15) is 17.2 Å². The molecule has 2 aromatic heterocycles. The van der Waals surface area contributed by atoms with Crippen LogP contribution in [0.4, 0.5) is 20.4 Å². The normalized spacial score (nSPS) is 11.7. The van der Waals surface area contributed by atoms with Crippen molar-refractivity contribution in [3.8, 4) is 5.82 Å². The second-order valence-electron chi connectivity index (χ2n) is 5.49. The lowest BCUT2D eigenvalue weighted by Crippen LogP contribution is -2.26. The van der Waals surface area contributed by atoms with Crippen molar-refractivity contribution in [2.75, 3.05) is 18.5 Å². The molecule has 0 saturated carbocycles. The summed E-state index contributed by atoms with van der Waals surface area (Å²) in [6.45, 7) is -0.410. The summed E-state index contributed by atoms with van der Waals surface area (Å²) in [7, 11) is -3.73. The molecule has 3 N–H and O–H groups in total. The largest absolute Gasteiger partial charge is 0.395 e. The molecule has 0 atom stereocenters. The molecule has 3 aromatic rings. The topological polar surface area (TPSA) is 122 Å². The quantitative estimate of drug-likeness (QED) is 0.516. The summed E-state index contributed by atoms with van der Waals surface area (Å²) < 4.78 is 53.8. The molecule has 3 rings (SSSR count). The number of aromatic nitrogens is 4. The number of nitrogens with zero attached hydrogens (tertiary/aromatic N) is 4. The average molecular weight is 410 g/mol. The van der Waals surface area contributed by atoms with Crippen molar-refractivity contribution in [3.63, 3.8) is 0 Å². The first-order chi connectivity index (χ1) is 13.4. The number of halogens is 2. The third-order valence-corrected chi connectivity index (χ3v) is 5.05. The zero-order valence-corrected chi connectivity index (χ0v) is 15.1. The number of aliphatic hydroxyl groups is 1. The van der Waals surface area contributed by atoms with E-state index < -0.39 is 16.4 Å². The Morgan fingerprint density at radius 3 is 2.57 bits per heavy atom. The van der Waals surface area contributed by atoms with Crippen LogP contribution in [0.15, 0.2) is 53.8 Å². The van der Waals surface area contributed by atoms with Gasteiger partial charge in [0.15, 0.2) is 5.82 Å². The molecule has 2 heterocycles. The predicted octanol–water partition coefficient (Wildman–Crippen LogP) is 1.61. The molecule has 0 unspecified atom stereocenters. The average Bonchev–Trinajstić information content (AvgIpc) is 3.21. The van der Waals surface area contributed by atoms with Crippen LogP contribution in [-0.2, 0) is 10.0 Å². The Hall–Kier alpha value is -2.96. The van der Waals surface area contributed by atoms with E-state index in [1.165, 1.54) is 41.3 Å². The maximum absolute atomic E-state index is 13.2. The van der Waals surface area contributed by atoms with Crippen LogP contribution >= 0.6 is 0 Å². The van der Waals surface area contributed by atoms with Crippen molar-refractivity contribution in [2.24, 2.45) is 0 Å². The zero-order chi connectivity index (χ0) is 20.1. The Balaban J connectivity index is 1.83. The first-order valence-corrected chi connectivity index (χ1v) is 9.52. The zero-order valence-electron chi connectivity index (χ0n) is 14.3. The lowest BCUT2D eigenvalue weighted by atomic mass is 10.3. The van der Waals surface area contributed by atoms with Crippen LogP contribution in [0, 0.1) is 0 Å². The van der Waals surface area contributed by atoms with Gasteiger partial charge >= 0.3 is 0 Å². The number of anilines is 2. The van der Waals surface area contributed by atoms with Crippen LogP contribution < -0.4 is 10.0 Å². The first kappa shape index (κ1) is 19.8. The van der Waals surface area contributed by atoms with Gasteiger partial charge in [-0.15, -0.1) is 0 Å². The van der Waals surface area contributed by atoms with E-state index in [0.717, 1.165) is 6.20 Å². The Morgan fingerprint density at radius 1 is 1.21 bits per heavy atom. The molecule has 148 valence electrons. The number of hydrogen-bond acceptors (Lipinski definition) is 7. The van der Waals surface area contributed by atoms with Gasteiger partial charge < -0.3 is 10.4 Å². The van der Waals surface area contributed by atoms with Gasteiger partial charge in [-0.1, -0.05) is 0 Å². The van der Waals surface area contributed by atoms with E-state index in [0.29, 0.717) is 5.69 Å². The number of sulfonamides is 1. The van der Waals surface area contributed by atoms with Crippen LogP contribution in [0.1, 0.15) is 12.0 Å². The molecule has 0 amide bonds. The summed E-state index contributed by atoms with van der Waals surface area (Å²) in [4.78, 5) is 7.97. The molecule has 28 heavy (non-hydrogen) atoms. The number of benzene rings is 1. The van der Waals surface area contributed by atoms with Gasteiger partial charge in [0, 0.05) is 30.8 Å². The van der Waals surface area contributed by atoms with Gasteiger partial charge in [-0.2, -0.15) is 10.1 Å². The van der Waals surface area contributed by atoms with Gasteiger partial charge in [0.1, 0.15) is 0 Å². The molecule has 0 saturated heterocycles. The first-order valence-electron chi connectivity index (χ1n) is 8.03. The SMILES string of the molecule is O=S(=O)(NCCO)c1ccc(Nc2ncc(C(F)F)c(-n3cccn3)n2)cc1. The van der Waals surface area contributed by atoms with Crippen molar-refractivity contribution < 1.29 is 22.3 Å². The molecular formula is C16H16F2N6O3S. The summed E-state index contributed by atoms with van der Waals surface area (Å²) in [6, 6.07) is 7.24. The Bertz CT molecular complexity index is 1030. The summed E-state index contributed by atoms with van der Waals surface area (Å²) in [5, 5.41) is 15.5. The molecule has 0 aliphatic carbocycles. The van der Waals surface area contributed by atoms with Crippen LogP contribution in [0.3, 0.4) is 0 Å². The maximum Gasteiger partial charge on any atom is 0.268 e. The summed E-state index contributed by atoms with van der Waals surface area (Å²) in [5.74, 6) is -0.0196. The molecule has 9 nitrogen and oxygen atoms in total. The fourth-order valence-corrected chi connectivity index (χ4v) is 3.30. The number of alkyl halides is 2. The molecule has 0 radical (unpaired) electrons. The van der Waals surface area contributed by atoms with Crippen molar-refractivity contribution in [1.29, 1.82) is 0 Å². The van der Waals surface area contributed by atoms with E-state index in [1.54, 1.807) is 6.07 Å². The minimum atomic E-state index is -3.73. The molecule has 0 aliphatic heterocycles. The highest BCUT2D eigenvalue weighted by Gasteiger charge is 2.18. The van der Waals surface area contributed by atoms with E-state index in [2.05, 4.69) is 25.1 Å². The van der Waals surface area contributed by atoms with Gasteiger partial charge in [0.25, 0.3) is 6.43 Å². The molecule has 1 aromatic carbocycles. The van der Waals surface area contributed by atoms with Crippen molar-refractivity contribution in [1.82, 2.24) is 24.5 Å². The Kier molecular flexibility index (Phi) is 5.92. The highest BCUT2D eigenvalue weighted by atomic mass is 32.2. The molecular weight excluding hydrogens is 394 g/mol. The third-order valence-electron chi connectivity index (χ3n) is 3.58. The van der Waals surface area contributed by atoms with Gasteiger partial charge in [-0.05, 0) is 30.3 Å². The van der Waals surface area contributed by atoms with Crippen LogP contribution in [0.2, 0.25) is 0 Å². The predicted molar refractivity (Wildman–Crippen MR) is 96.1 cm³/mol. The second-order valence-corrected chi connectivity index (χ2v) is 7.26. The van der Waals surface area contributed by atoms with Gasteiger partial charge in [0.2, 0.25) is 16.0 Å². The molecule has 12 heteroatoms. The molecule has 0 aliphatic rings. The maximum atomic E-state index is 13.2. The summed E-state index contributed by atoms with van der Waals surface area (Å²) >= 11 is 0. The smallest absolute Gasteiger partial charge is 0.268 e. The van der Waals surface area contributed by atoms with Crippen LogP contribution in [0.25, 0.3) is 5.82 Å². The van der Waals surface area contributed by atoms with E-state index in [4.69, 9.17) is 5.11 Å². The van der Waals surface area contributed by atoms with Crippen molar-refractivity contribution >= 4 is 21.7 Å². The monoisotopic (exact) mass is 410 g/mol. The lowest BCUT2D eigenvalue weighted by molar-refractivity contribution is 0.150. The number of nitrogens with one attached hydrogen (secondary N) is 2. The van der Waals surface area contributed by atoms with Crippen LogP contribution in [0.5, 0.6) is 0 Å². The van der Waals surface area contributed by atoms with Gasteiger partial charge in [-0.25, -0.2) is 31.6 Å². The lowest BCUT2D eigenvalue weighted by Gasteiger charge is -2.11. The highest BCUT2D eigenvalue weighted by molar-refractivity contribution is 7.89. The van der Waals surface area contributed by atoms with Gasteiger partial charge in [0.05, 0.1) is 17.1 Å². The second kappa shape index (κ2) is 8.37. The van der Waals surface area contributed by atoms with Gasteiger partial charge in [-0.3, -0.25) is 0 Å². The van der Waals surface area contributed by atoms with Crippen molar-refractivity contribution in [3.05, 3.63) is 54.5 Å². The van der Waals surface area contributed by atoms with E-state index in [1.807, 2.05) is 0 Å². The third kappa shape index (κ3) is 4.47. The molecule has 0 bridgehead atoms. The van der Waals surface area contributed by atoms with E-state index >= 15 is 0 Å². The van der Waals surface area contributed by atoms with Crippen LogP contribution in [-0.4, -0.2) is 46.4 Å². The highest BCUT2D eigenvalue weighted by Crippen LogP contribution is 2.25. The fourth-order valence-electron chi connectivity index (χ4n) is 2.28. The Morgan fingerprint density at radius 2 is 1.96 bits per heavy atom. The van der Waals surface area contributed by atoms with Crippen molar-refractivity contribution in [2.45, 2.75) is 11.3 Å². The van der Waals surface area contributed by atoms with E-state index in [-0.39, 0.29) is 35.4 Å². The fraction of sp³-hybridized carbons (Fsp3) is 0.188. The number of hydrogen-bond donors (Lipinski definition) is 3. The molecule has 0 fully saturated rings. The molecule has 0 spiro atoms. The number of aliphatic hydroxyl groups excluding tert-OH is 1.